The summed E-state index contributed by atoms with van der Waals surface area (Å²) in [6.45, 7) is 7.99. The van der Waals surface area contributed by atoms with E-state index in [0.717, 1.165) is 35.1 Å². The first-order valence-corrected chi connectivity index (χ1v) is 12.2. The van der Waals surface area contributed by atoms with Gasteiger partial charge in [0.1, 0.15) is 5.82 Å². The third-order valence-electron chi connectivity index (χ3n) is 6.22. The highest BCUT2D eigenvalue weighted by Gasteiger charge is 2.29. The van der Waals surface area contributed by atoms with E-state index in [9.17, 15) is 9.59 Å². The average molecular weight is 497 g/mol. The molecule has 4 aromatic rings. The number of anilines is 2. The Hall–Kier alpha value is -4.40. The van der Waals surface area contributed by atoms with Crippen molar-refractivity contribution in [3.05, 3.63) is 71.9 Å². The lowest BCUT2D eigenvalue weighted by Crippen LogP contribution is -2.14. The fourth-order valence-corrected chi connectivity index (χ4v) is 3.81. The van der Waals surface area contributed by atoms with Crippen molar-refractivity contribution in [3.8, 4) is 22.4 Å². The third-order valence-corrected chi connectivity index (χ3v) is 6.22. The second-order valence-electron chi connectivity index (χ2n) is 10.3. The summed E-state index contributed by atoms with van der Waals surface area (Å²) < 4.78 is 5.26. The first-order valence-electron chi connectivity index (χ1n) is 12.2. The van der Waals surface area contributed by atoms with Gasteiger partial charge in [-0.25, -0.2) is 4.98 Å². The molecule has 2 N–H and O–H groups in total. The smallest absolute Gasteiger partial charge is 0.294 e. The Morgan fingerprint density at radius 3 is 2.54 bits per heavy atom. The summed E-state index contributed by atoms with van der Waals surface area (Å²) in [4.78, 5) is 29.2. The van der Waals surface area contributed by atoms with Gasteiger partial charge < -0.3 is 15.2 Å². The number of nitrogens with zero attached hydrogens (tertiary/aromatic N) is 4. The van der Waals surface area contributed by atoms with E-state index in [1.807, 2.05) is 64.1 Å². The van der Waals surface area contributed by atoms with Crippen LogP contribution < -0.4 is 10.6 Å². The van der Waals surface area contributed by atoms with Crippen molar-refractivity contribution in [2.45, 2.75) is 46.0 Å². The monoisotopic (exact) mass is 496 g/mol. The van der Waals surface area contributed by atoms with Crippen LogP contribution in [-0.4, -0.2) is 32.2 Å². The molecule has 0 saturated heterocycles. The van der Waals surface area contributed by atoms with Gasteiger partial charge >= 0.3 is 0 Å². The molecule has 9 heteroatoms. The highest BCUT2D eigenvalue weighted by Crippen LogP contribution is 2.31. The number of amides is 2. The maximum atomic E-state index is 12.8. The van der Waals surface area contributed by atoms with Crippen LogP contribution in [0.15, 0.2) is 59.4 Å². The van der Waals surface area contributed by atoms with E-state index >= 15 is 0 Å². The molecular weight excluding hydrogens is 468 g/mol. The Bertz CT molecular complexity index is 1480. The quantitative estimate of drug-likeness (QED) is 0.366. The number of carbonyl (C=O) groups excluding carboxylic acids is 2. The molecule has 0 atom stereocenters. The minimum Gasteiger partial charge on any atom is -0.351 e. The molecule has 2 amide bonds. The topological polar surface area (TPSA) is 123 Å². The summed E-state index contributed by atoms with van der Waals surface area (Å²) in [7, 11) is 0. The van der Waals surface area contributed by atoms with Gasteiger partial charge in [0.25, 0.3) is 5.91 Å². The average Bonchev–Trinajstić information content (AvgIpc) is 3.60. The lowest BCUT2D eigenvalue weighted by molar-refractivity contribution is -0.117. The number of benzene rings is 1. The van der Waals surface area contributed by atoms with E-state index in [-0.39, 0.29) is 28.9 Å². The molecule has 3 aromatic heterocycles. The Morgan fingerprint density at radius 2 is 1.81 bits per heavy atom. The zero-order chi connectivity index (χ0) is 26.2. The lowest BCUT2D eigenvalue weighted by Gasteiger charge is -2.12. The zero-order valence-electron chi connectivity index (χ0n) is 21.2. The van der Waals surface area contributed by atoms with Crippen LogP contribution in [0.2, 0.25) is 0 Å². The van der Waals surface area contributed by atoms with Gasteiger partial charge in [-0.15, -0.1) is 0 Å². The SMILES string of the molecule is Cc1ccc(NC(=O)c2cc(C(C)(C)C)no2)cc1-c1cc(-c2ccnc(NC(=O)C3CC3)c2)cnn1. The molecule has 9 nitrogen and oxygen atoms in total. The van der Waals surface area contributed by atoms with Crippen molar-refractivity contribution < 1.29 is 14.1 Å². The summed E-state index contributed by atoms with van der Waals surface area (Å²) in [6, 6.07) is 12.9. The minimum absolute atomic E-state index is 0.00707. The van der Waals surface area contributed by atoms with Crippen molar-refractivity contribution in [3.63, 3.8) is 0 Å². The molecule has 188 valence electrons. The predicted molar refractivity (Wildman–Crippen MR) is 140 cm³/mol. The van der Waals surface area contributed by atoms with Gasteiger partial charge in [0, 0.05) is 40.4 Å². The van der Waals surface area contributed by atoms with E-state index in [4.69, 9.17) is 4.52 Å². The number of aryl methyl sites for hydroxylation is 1. The van der Waals surface area contributed by atoms with Crippen LogP contribution >= 0.6 is 0 Å². The Morgan fingerprint density at radius 1 is 1.00 bits per heavy atom. The summed E-state index contributed by atoms with van der Waals surface area (Å²) in [6.07, 6.45) is 5.19. The van der Waals surface area contributed by atoms with Crippen LogP contribution in [0.1, 0.15) is 55.4 Å². The van der Waals surface area contributed by atoms with Crippen LogP contribution in [0.5, 0.6) is 0 Å². The highest BCUT2D eigenvalue weighted by molar-refractivity contribution is 6.02. The van der Waals surface area contributed by atoms with Crippen LogP contribution in [0.4, 0.5) is 11.5 Å². The Kier molecular flexibility index (Phi) is 6.29. The minimum atomic E-state index is -0.379. The maximum absolute atomic E-state index is 12.8. The van der Waals surface area contributed by atoms with Gasteiger partial charge in [-0.3, -0.25) is 9.59 Å². The largest absolute Gasteiger partial charge is 0.351 e. The summed E-state index contributed by atoms with van der Waals surface area (Å²) >= 11 is 0. The van der Waals surface area contributed by atoms with Crippen molar-refractivity contribution in [2.75, 3.05) is 10.6 Å². The standard InChI is InChI=1S/C28H28N6O3/c1-16-5-8-20(31-27(36)23-14-24(34-37-23)28(2,3)4)13-21(16)22-11-19(15-30-33-22)18-9-10-29-25(12-18)32-26(35)17-6-7-17/h5,8-15,17H,6-7H2,1-4H3,(H,31,36)(H,29,32,35). The summed E-state index contributed by atoms with van der Waals surface area (Å²) in [5.74, 6) is 0.384. The molecule has 0 bridgehead atoms. The highest BCUT2D eigenvalue weighted by atomic mass is 16.5. The molecule has 37 heavy (non-hydrogen) atoms. The number of rotatable bonds is 6. The van der Waals surface area contributed by atoms with E-state index < -0.39 is 0 Å². The Balaban J connectivity index is 1.38. The number of hydrogen-bond acceptors (Lipinski definition) is 7. The Labute approximate surface area is 214 Å². The first-order chi connectivity index (χ1) is 17.7. The van der Waals surface area contributed by atoms with Crippen molar-refractivity contribution in [2.24, 2.45) is 5.92 Å². The summed E-state index contributed by atoms with van der Waals surface area (Å²) in [5.41, 5.74) is 5.24. The second kappa shape index (κ2) is 9.57. The number of nitrogens with one attached hydrogen (secondary N) is 2. The van der Waals surface area contributed by atoms with Crippen LogP contribution in [0.3, 0.4) is 0 Å². The van der Waals surface area contributed by atoms with Crippen LogP contribution in [-0.2, 0) is 10.2 Å². The van der Waals surface area contributed by atoms with Crippen LogP contribution in [0, 0.1) is 12.8 Å². The lowest BCUT2D eigenvalue weighted by atomic mass is 9.92. The van der Waals surface area contributed by atoms with Crippen molar-refractivity contribution >= 4 is 23.3 Å². The van der Waals surface area contributed by atoms with Gasteiger partial charge in [0.2, 0.25) is 11.7 Å². The van der Waals surface area contributed by atoms with E-state index in [1.54, 1.807) is 18.5 Å². The number of hydrogen-bond donors (Lipinski definition) is 2. The molecule has 0 radical (unpaired) electrons. The molecular formula is C28H28N6O3. The maximum Gasteiger partial charge on any atom is 0.294 e. The third kappa shape index (κ3) is 5.55. The fourth-order valence-electron chi connectivity index (χ4n) is 3.81. The van der Waals surface area contributed by atoms with E-state index in [0.29, 0.717) is 22.9 Å². The number of carbonyl (C=O) groups is 2. The normalized spacial score (nSPS) is 13.3. The van der Waals surface area contributed by atoms with Gasteiger partial charge in [-0.05, 0) is 61.2 Å². The number of aromatic nitrogens is 4. The van der Waals surface area contributed by atoms with Crippen molar-refractivity contribution in [1.82, 2.24) is 20.3 Å². The van der Waals surface area contributed by atoms with Gasteiger partial charge in [0.05, 0.1) is 17.6 Å². The summed E-state index contributed by atoms with van der Waals surface area (Å²) in [5, 5.41) is 18.3. The molecule has 1 saturated carbocycles. The first kappa shape index (κ1) is 24.3. The molecule has 1 fully saturated rings. The second-order valence-corrected chi connectivity index (χ2v) is 10.3. The van der Waals surface area contributed by atoms with Crippen molar-refractivity contribution in [1.29, 1.82) is 0 Å². The molecule has 1 aliphatic carbocycles. The molecule has 0 unspecified atom stereocenters. The molecule has 1 aliphatic rings. The van der Waals surface area contributed by atoms with E-state index in [1.165, 1.54) is 0 Å². The molecule has 1 aromatic carbocycles. The van der Waals surface area contributed by atoms with Gasteiger partial charge in [-0.1, -0.05) is 32.0 Å². The van der Waals surface area contributed by atoms with Crippen LogP contribution in [0.25, 0.3) is 22.4 Å². The molecule has 0 spiro atoms. The van der Waals surface area contributed by atoms with Gasteiger partial charge in [-0.2, -0.15) is 10.2 Å². The van der Waals surface area contributed by atoms with Gasteiger partial charge in [0.15, 0.2) is 0 Å². The number of pyridine rings is 1. The zero-order valence-corrected chi connectivity index (χ0v) is 21.2. The predicted octanol–water partition coefficient (Wildman–Crippen LogP) is 5.40. The molecule has 0 aliphatic heterocycles. The van der Waals surface area contributed by atoms with E-state index in [2.05, 4.69) is 31.0 Å². The molecule has 3 heterocycles. The molecule has 5 rings (SSSR count). The fraction of sp³-hybridized carbons (Fsp3) is 0.286.